The van der Waals surface area contributed by atoms with Crippen LogP contribution in [0, 0.1) is 18.2 Å². The Balaban J connectivity index is 1.41. The van der Waals surface area contributed by atoms with Crippen molar-refractivity contribution in [2.24, 2.45) is 5.41 Å². The van der Waals surface area contributed by atoms with Crippen molar-refractivity contribution < 1.29 is 28.5 Å². The van der Waals surface area contributed by atoms with Crippen molar-refractivity contribution in [1.29, 1.82) is 0 Å². The molecule has 1 N–H and O–H groups in total. The summed E-state index contributed by atoms with van der Waals surface area (Å²) in [5, 5.41) is 10.6. The number of piperidine rings is 1. The summed E-state index contributed by atoms with van der Waals surface area (Å²) < 4.78 is 31.4. The van der Waals surface area contributed by atoms with Crippen LogP contribution < -0.4 is 9.64 Å². The Morgan fingerprint density at radius 1 is 1.00 bits per heavy atom. The number of aromatic nitrogens is 1. The van der Waals surface area contributed by atoms with Crippen molar-refractivity contribution in [2.75, 3.05) is 50.9 Å². The molecule has 6 rings (SSSR count). The van der Waals surface area contributed by atoms with Crippen molar-refractivity contribution >= 4 is 11.7 Å². The minimum absolute atomic E-state index is 0.247. The Hall–Kier alpha value is -3.53. The molecule has 3 aromatic rings. The van der Waals surface area contributed by atoms with Gasteiger partial charge in [-0.15, -0.1) is 0 Å². The van der Waals surface area contributed by atoms with Gasteiger partial charge in [-0.05, 0) is 94.2 Å². The fourth-order valence-electron chi connectivity index (χ4n) is 7.42. The molecule has 0 unspecified atom stereocenters. The summed E-state index contributed by atoms with van der Waals surface area (Å²) in [6.07, 6.45) is 5.57. The lowest BCUT2D eigenvalue weighted by molar-refractivity contribution is -0.160. The molecule has 1 spiro atoms. The Labute approximate surface area is 284 Å². The summed E-state index contributed by atoms with van der Waals surface area (Å²) in [4.78, 5) is 23.0. The second-order valence-corrected chi connectivity index (χ2v) is 14.7. The van der Waals surface area contributed by atoms with Crippen molar-refractivity contribution in [2.45, 2.75) is 84.5 Å². The summed E-state index contributed by atoms with van der Waals surface area (Å²) >= 11 is 0. The number of nitrogens with zero attached hydrogens (tertiary/aromatic N) is 3. The fraction of sp³-hybridized carbons (Fsp3) is 0.538. The molecule has 2 aromatic carbocycles. The number of pyridine rings is 1. The lowest BCUT2D eigenvalue weighted by Gasteiger charge is -2.49. The van der Waals surface area contributed by atoms with Crippen LogP contribution in [0.1, 0.15) is 81.5 Å². The van der Waals surface area contributed by atoms with E-state index in [0.29, 0.717) is 49.5 Å². The third-order valence-corrected chi connectivity index (χ3v) is 10.2. The number of carbonyl (C=O) groups is 1. The highest BCUT2D eigenvalue weighted by molar-refractivity contribution is 5.88. The predicted molar refractivity (Wildman–Crippen MR) is 185 cm³/mol. The first-order valence-corrected chi connectivity index (χ1v) is 17.5. The molecule has 1 aliphatic carbocycles. The van der Waals surface area contributed by atoms with Crippen LogP contribution in [0.25, 0.3) is 11.1 Å². The molecule has 1 saturated carbocycles. The van der Waals surface area contributed by atoms with Gasteiger partial charge in [0, 0.05) is 56.0 Å². The highest BCUT2D eigenvalue weighted by Gasteiger charge is 2.42. The maximum absolute atomic E-state index is 13.3. The molecule has 0 radical (unpaired) electrons. The van der Waals surface area contributed by atoms with E-state index in [0.717, 1.165) is 72.8 Å². The van der Waals surface area contributed by atoms with Crippen LogP contribution in [-0.2, 0) is 27.2 Å². The van der Waals surface area contributed by atoms with E-state index in [9.17, 15) is 14.3 Å². The summed E-state index contributed by atoms with van der Waals surface area (Å²) in [5.74, 6) is -0.523. The molecule has 2 saturated heterocycles. The summed E-state index contributed by atoms with van der Waals surface area (Å²) in [6.45, 7) is 13.5. The Kier molecular flexibility index (Phi) is 10.4. The second kappa shape index (κ2) is 14.5. The van der Waals surface area contributed by atoms with Crippen molar-refractivity contribution in [3.8, 4) is 16.9 Å². The SMILES string of the molecule is Cc1nc(CN2CCOCC2)c(-c2ccc(OCCc3ccc(F)cc3)cc2)c(N2CCC3(CCC3)CC2)c1[C@H](OC(C)(C)C)C(=O)O. The van der Waals surface area contributed by atoms with E-state index in [-0.39, 0.29) is 5.82 Å². The number of benzene rings is 2. The van der Waals surface area contributed by atoms with Gasteiger partial charge < -0.3 is 24.2 Å². The highest BCUT2D eigenvalue weighted by Crippen LogP contribution is 2.51. The number of carboxylic acid groups (broad SMARTS) is 1. The average molecular weight is 660 g/mol. The number of halogens is 1. The van der Waals surface area contributed by atoms with Gasteiger partial charge in [-0.3, -0.25) is 9.88 Å². The standard InChI is InChI=1S/C39H50FN3O5/c1-27-33(36(37(44)45)48-38(2,3)4)35(43-19-17-39(18-20-43)15-5-16-39)34(32(41-27)26-42-21-24-46-25-22-42)29-8-12-31(13-9-29)47-23-14-28-6-10-30(40)11-7-28/h6-13,36H,5,14-26H2,1-4H3,(H,44,45)/t36-/m0/s1. The first-order valence-electron chi connectivity index (χ1n) is 17.5. The molecule has 2 aliphatic heterocycles. The van der Waals surface area contributed by atoms with Gasteiger partial charge in [0.2, 0.25) is 0 Å². The molecule has 48 heavy (non-hydrogen) atoms. The van der Waals surface area contributed by atoms with Crippen molar-refractivity contribution in [1.82, 2.24) is 9.88 Å². The van der Waals surface area contributed by atoms with Crippen LogP contribution in [-0.4, -0.2) is 72.6 Å². The lowest BCUT2D eigenvalue weighted by atomic mass is 9.63. The average Bonchev–Trinajstić information content (AvgIpc) is 3.04. The lowest BCUT2D eigenvalue weighted by Crippen LogP contribution is -2.44. The number of aliphatic carboxylic acids is 1. The van der Waals surface area contributed by atoms with Gasteiger partial charge in [0.1, 0.15) is 11.6 Å². The topological polar surface area (TPSA) is 84.4 Å². The molecule has 9 heteroatoms. The van der Waals surface area contributed by atoms with Gasteiger partial charge in [0.25, 0.3) is 0 Å². The second-order valence-electron chi connectivity index (χ2n) is 14.7. The zero-order valence-electron chi connectivity index (χ0n) is 28.9. The van der Waals surface area contributed by atoms with Gasteiger partial charge in [-0.1, -0.05) is 30.7 Å². The van der Waals surface area contributed by atoms with Gasteiger partial charge in [0.15, 0.2) is 6.10 Å². The Morgan fingerprint density at radius 2 is 1.67 bits per heavy atom. The molecule has 0 bridgehead atoms. The molecule has 258 valence electrons. The predicted octanol–water partition coefficient (Wildman–Crippen LogP) is 7.36. The van der Waals surface area contributed by atoms with E-state index in [1.165, 1.54) is 31.4 Å². The maximum atomic E-state index is 13.3. The zero-order chi connectivity index (χ0) is 33.9. The summed E-state index contributed by atoms with van der Waals surface area (Å²) in [5.41, 5.74) is 5.90. The normalized spacial score (nSPS) is 18.8. The molecule has 1 aromatic heterocycles. The number of rotatable bonds is 11. The van der Waals surface area contributed by atoms with E-state index >= 15 is 0 Å². The van der Waals surface area contributed by atoms with E-state index in [1.54, 1.807) is 12.1 Å². The van der Waals surface area contributed by atoms with Crippen LogP contribution in [0.15, 0.2) is 48.5 Å². The van der Waals surface area contributed by atoms with Gasteiger partial charge >= 0.3 is 5.97 Å². The van der Waals surface area contributed by atoms with Gasteiger partial charge in [0.05, 0.1) is 36.8 Å². The van der Waals surface area contributed by atoms with E-state index in [2.05, 4.69) is 21.9 Å². The summed E-state index contributed by atoms with van der Waals surface area (Å²) in [6, 6.07) is 14.6. The quantitative estimate of drug-likeness (QED) is 0.229. The van der Waals surface area contributed by atoms with Gasteiger partial charge in [-0.2, -0.15) is 0 Å². The minimum Gasteiger partial charge on any atom is -0.493 e. The first kappa shape index (κ1) is 34.3. The Morgan fingerprint density at radius 3 is 2.25 bits per heavy atom. The molecule has 0 amide bonds. The van der Waals surface area contributed by atoms with Crippen LogP contribution in [0.2, 0.25) is 0 Å². The Bertz CT molecular complexity index is 1550. The molecule has 3 aliphatic rings. The first-order chi connectivity index (χ1) is 23.0. The molecular formula is C39H50FN3O5. The van der Waals surface area contributed by atoms with E-state index < -0.39 is 17.7 Å². The molecule has 8 nitrogen and oxygen atoms in total. The third-order valence-electron chi connectivity index (χ3n) is 10.2. The third kappa shape index (κ3) is 8.01. The molecule has 3 heterocycles. The largest absolute Gasteiger partial charge is 0.493 e. The smallest absolute Gasteiger partial charge is 0.337 e. The highest BCUT2D eigenvalue weighted by atomic mass is 19.1. The fourth-order valence-corrected chi connectivity index (χ4v) is 7.42. The summed E-state index contributed by atoms with van der Waals surface area (Å²) in [7, 11) is 0. The monoisotopic (exact) mass is 659 g/mol. The molecule has 1 atom stereocenters. The maximum Gasteiger partial charge on any atom is 0.337 e. The number of anilines is 1. The minimum atomic E-state index is -1.17. The number of morpholine rings is 1. The van der Waals surface area contributed by atoms with Crippen molar-refractivity contribution in [3.05, 3.63) is 76.9 Å². The van der Waals surface area contributed by atoms with Crippen molar-refractivity contribution in [3.63, 3.8) is 0 Å². The van der Waals surface area contributed by atoms with E-state index in [1.807, 2.05) is 39.8 Å². The number of ether oxygens (including phenoxy) is 3. The number of hydrogen-bond donors (Lipinski definition) is 1. The molecular weight excluding hydrogens is 609 g/mol. The van der Waals surface area contributed by atoms with Crippen LogP contribution >= 0.6 is 0 Å². The number of hydrogen-bond acceptors (Lipinski definition) is 7. The van der Waals surface area contributed by atoms with Crippen LogP contribution in [0.4, 0.5) is 10.1 Å². The van der Waals surface area contributed by atoms with Gasteiger partial charge in [-0.25, -0.2) is 9.18 Å². The zero-order valence-corrected chi connectivity index (χ0v) is 28.9. The number of carboxylic acids is 1. The van der Waals surface area contributed by atoms with Crippen LogP contribution in [0.3, 0.4) is 0 Å². The van der Waals surface area contributed by atoms with E-state index in [4.69, 9.17) is 19.2 Å². The number of aryl methyl sites for hydroxylation is 1. The van der Waals surface area contributed by atoms with Crippen LogP contribution in [0.5, 0.6) is 5.75 Å². The molecule has 3 fully saturated rings.